The quantitative estimate of drug-likeness (QED) is 0.0199. The number of unbranched alkanes of at least 4 members (excludes halogenated alkanes) is 41. The lowest BCUT2D eigenvalue weighted by molar-refractivity contribution is -0.379. The minimum absolute atomic E-state index is 0.235. The Hall–Kier alpha value is -2.25. The van der Waals surface area contributed by atoms with E-state index in [0.29, 0.717) is 12.8 Å². The van der Waals surface area contributed by atoms with E-state index in [0.717, 1.165) is 44.9 Å². The van der Waals surface area contributed by atoms with Crippen LogP contribution in [0.2, 0.25) is 0 Å². The van der Waals surface area contributed by atoms with Crippen molar-refractivity contribution in [3.05, 3.63) is 48.6 Å². The highest BCUT2D eigenvalue weighted by Crippen LogP contribution is 2.33. The first-order chi connectivity index (χ1) is 47.8. The SMILES string of the molecule is CCCCCCC/C=C\C/C=C\CCCCCCCCCCCCCCCC(=O)NC(COC1OC(CO)C(OC2OC(CO)C(OC3OC(CO)C(O)C(O)C3O)C(O)C2O)C(O)C1O)C(O)/C=C/CC/C=C/CCCCCCCCCCCCCCCCCCCCCCCC. The number of carbonyl (C=O) groups is 1. The maximum absolute atomic E-state index is 13.5. The van der Waals surface area contributed by atoms with E-state index in [2.05, 4.69) is 55.6 Å². The maximum atomic E-state index is 13.5. The molecule has 0 radical (unpaired) electrons. The molecule has 3 heterocycles. The smallest absolute Gasteiger partial charge is 0.220 e. The van der Waals surface area contributed by atoms with Gasteiger partial charge in [0.1, 0.15) is 73.2 Å². The van der Waals surface area contributed by atoms with Crippen molar-refractivity contribution in [1.29, 1.82) is 0 Å². The summed E-state index contributed by atoms with van der Waals surface area (Å²) >= 11 is 0. The normalized spacial score (nSPS) is 27.0. The first kappa shape index (κ1) is 90.0. The fourth-order valence-corrected chi connectivity index (χ4v) is 13.4. The third kappa shape index (κ3) is 40.1. The van der Waals surface area contributed by atoms with Gasteiger partial charge in [0.2, 0.25) is 5.91 Å². The molecule has 3 saturated heterocycles. The van der Waals surface area contributed by atoms with Gasteiger partial charge in [0.05, 0.1) is 38.6 Å². The van der Waals surface area contributed by atoms with Crippen molar-refractivity contribution >= 4 is 5.91 Å². The topological polar surface area (TPSA) is 307 Å². The number of amides is 1. The molecule has 17 unspecified atom stereocenters. The van der Waals surface area contributed by atoms with E-state index in [1.165, 1.54) is 238 Å². The van der Waals surface area contributed by atoms with Crippen LogP contribution in [-0.2, 0) is 33.2 Å². The van der Waals surface area contributed by atoms with Crippen molar-refractivity contribution in [1.82, 2.24) is 5.32 Å². The molecule has 0 aromatic heterocycles. The van der Waals surface area contributed by atoms with E-state index in [1.807, 2.05) is 6.08 Å². The van der Waals surface area contributed by atoms with Crippen LogP contribution >= 0.6 is 0 Å². The molecule has 0 saturated carbocycles. The van der Waals surface area contributed by atoms with Crippen LogP contribution in [0.3, 0.4) is 0 Å². The fourth-order valence-electron chi connectivity index (χ4n) is 13.4. The Morgan fingerprint density at radius 2 is 0.684 bits per heavy atom. The second-order valence-electron chi connectivity index (χ2n) is 28.5. The van der Waals surface area contributed by atoms with E-state index >= 15 is 0 Å². The Balaban J connectivity index is 1.40. The van der Waals surface area contributed by atoms with Gasteiger partial charge in [-0.1, -0.05) is 294 Å². The molecule has 3 aliphatic rings. The molecular formula is C79H145NO18. The van der Waals surface area contributed by atoms with Gasteiger partial charge in [0.25, 0.3) is 0 Å². The largest absolute Gasteiger partial charge is 0.394 e. The second kappa shape index (κ2) is 60.1. The van der Waals surface area contributed by atoms with Gasteiger partial charge in [-0.3, -0.25) is 4.79 Å². The standard InChI is InChI=1S/C79H145NO18/c1-3-5-7-9-11-13-15-17-19-21-23-25-27-29-30-31-33-34-36-38-40-42-44-46-48-50-52-54-56-63(84)62(80-67(85)57-55-53-51-49-47-45-43-41-39-37-35-32-28-26-24-22-20-18-16-14-12-10-8-6-4-2)61-93-77-73(91)70(88)75(65(59-82)95-77)98-79-74(92)71(89)76(66(60-83)96-79)97-78-72(90)69(87)68(86)64(58-81)94-78/h16,18,22,24,46,48,54,56,62-66,68-79,81-84,86-92H,3-15,17,19-21,23,25-45,47,49-53,55,57-61H2,1-2H3,(H,80,85)/b18-16-,24-22-,48-46+,56-54+. The molecule has 0 aromatic rings. The lowest BCUT2D eigenvalue weighted by Crippen LogP contribution is -2.66. The molecule has 19 heteroatoms. The van der Waals surface area contributed by atoms with Crippen LogP contribution in [-0.4, -0.2) is 193 Å². The predicted molar refractivity (Wildman–Crippen MR) is 388 cm³/mol. The van der Waals surface area contributed by atoms with Gasteiger partial charge in [-0.15, -0.1) is 0 Å². The average molecular weight is 1400 g/mol. The molecule has 3 rings (SSSR count). The van der Waals surface area contributed by atoms with Crippen LogP contribution in [0.4, 0.5) is 0 Å². The Kier molecular flexibility index (Phi) is 55.1. The number of allylic oxidation sites excluding steroid dienone is 7. The maximum Gasteiger partial charge on any atom is 0.220 e. The summed E-state index contributed by atoms with van der Waals surface area (Å²) in [6.07, 6.45) is 48.1. The minimum atomic E-state index is -1.98. The Morgan fingerprint density at radius 1 is 0.367 bits per heavy atom. The van der Waals surface area contributed by atoms with Crippen molar-refractivity contribution in [3.8, 4) is 0 Å². The number of rotatable bonds is 63. The Labute approximate surface area is 593 Å². The lowest BCUT2D eigenvalue weighted by Gasteiger charge is -2.48. The Morgan fingerprint density at radius 3 is 1.08 bits per heavy atom. The van der Waals surface area contributed by atoms with Gasteiger partial charge in [0.15, 0.2) is 18.9 Å². The molecule has 19 nitrogen and oxygen atoms in total. The first-order valence-corrected chi connectivity index (χ1v) is 39.9. The van der Waals surface area contributed by atoms with Crippen LogP contribution < -0.4 is 5.32 Å². The first-order valence-electron chi connectivity index (χ1n) is 39.9. The van der Waals surface area contributed by atoms with E-state index in [4.69, 9.17) is 28.4 Å². The predicted octanol–water partition coefficient (Wildman–Crippen LogP) is 12.9. The molecule has 98 heavy (non-hydrogen) atoms. The monoisotopic (exact) mass is 1400 g/mol. The minimum Gasteiger partial charge on any atom is -0.394 e. The van der Waals surface area contributed by atoms with Crippen molar-refractivity contribution in [2.75, 3.05) is 26.4 Å². The summed E-state index contributed by atoms with van der Waals surface area (Å²) in [5.41, 5.74) is 0. The molecule has 0 aromatic carbocycles. The van der Waals surface area contributed by atoms with Crippen molar-refractivity contribution in [3.63, 3.8) is 0 Å². The van der Waals surface area contributed by atoms with Crippen molar-refractivity contribution < 1.29 is 89.4 Å². The zero-order chi connectivity index (χ0) is 71.1. The van der Waals surface area contributed by atoms with Gasteiger partial charge in [-0.2, -0.15) is 0 Å². The molecule has 0 spiro atoms. The van der Waals surface area contributed by atoms with Gasteiger partial charge >= 0.3 is 0 Å². The molecule has 17 atom stereocenters. The van der Waals surface area contributed by atoms with Crippen LogP contribution in [0.5, 0.6) is 0 Å². The molecule has 12 N–H and O–H groups in total. The van der Waals surface area contributed by atoms with E-state index in [9.17, 15) is 61.0 Å². The van der Waals surface area contributed by atoms with Gasteiger partial charge in [-0.05, 0) is 64.2 Å². The van der Waals surface area contributed by atoms with Crippen molar-refractivity contribution in [2.45, 2.75) is 420 Å². The number of ether oxygens (including phenoxy) is 6. The molecule has 574 valence electrons. The summed E-state index contributed by atoms with van der Waals surface area (Å²) in [6.45, 7) is 1.75. The van der Waals surface area contributed by atoms with E-state index in [1.54, 1.807) is 6.08 Å². The zero-order valence-electron chi connectivity index (χ0n) is 61.3. The highest BCUT2D eigenvalue weighted by molar-refractivity contribution is 5.76. The Bertz CT molecular complexity index is 1960. The molecule has 3 aliphatic heterocycles. The fraction of sp³-hybridized carbons (Fsp3) is 0.886. The third-order valence-corrected chi connectivity index (χ3v) is 19.8. The van der Waals surface area contributed by atoms with E-state index < -0.39 is 124 Å². The molecule has 0 bridgehead atoms. The number of aliphatic hydroxyl groups is 11. The lowest BCUT2D eigenvalue weighted by atomic mass is 9.96. The van der Waals surface area contributed by atoms with Gasteiger partial charge < -0.3 is 89.9 Å². The van der Waals surface area contributed by atoms with Crippen molar-refractivity contribution in [2.24, 2.45) is 0 Å². The number of nitrogens with one attached hydrogen (secondary N) is 1. The summed E-state index contributed by atoms with van der Waals surface area (Å²) < 4.78 is 34.4. The number of carbonyl (C=O) groups excluding carboxylic acids is 1. The average Bonchev–Trinajstić information content (AvgIpc) is 0.784. The number of hydrogen-bond acceptors (Lipinski definition) is 18. The highest BCUT2D eigenvalue weighted by atomic mass is 16.8. The second-order valence-corrected chi connectivity index (χ2v) is 28.5. The van der Waals surface area contributed by atoms with Gasteiger partial charge in [-0.25, -0.2) is 0 Å². The van der Waals surface area contributed by atoms with Gasteiger partial charge in [0, 0.05) is 6.42 Å². The summed E-state index contributed by atoms with van der Waals surface area (Å²) in [7, 11) is 0. The molecule has 3 fully saturated rings. The number of aliphatic hydroxyl groups excluding tert-OH is 11. The highest BCUT2D eigenvalue weighted by Gasteiger charge is 2.54. The summed E-state index contributed by atoms with van der Waals surface area (Å²) in [6, 6.07) is -0.993. The molecular weight excluding hydrogens is 1250 g/mol. The summed E-state index contributed by atoms with van der Waals surface area (Å²) in [5, 5.41) is 121. The van der Waals surface area contributed by atoms with E-state index in [-0.39, 0.29) is 18.9 Å². The van der Waals surface area contributed by atoms with Crippen LogP contribution in [0.25, 0.3) is 0 Å². The summed E-state index contributed by atoms with van der Waals surface area (Å²) in [4.78, 5) is 13.5. The molecule has 1 amide bonds. The van der Waals surface area contributed by atoms with Crippen LogP contribution in [0.15, 0.2) is 48.6 Å². The zero-order valence-corrected chi connectivity index (χ0v) is 61.3. The van der Waals surface area contributed by atoms with Crippen LogP contribution in [0, 0.1) is 0 Å². The summed E-state index contributed by atoms with van der Waals surface area (Å²) in [5.74, 6) is -0.283. The number of hydrogen-bond donors (Lipinski definition) is 12. The third-order valence-electron chi connectivity index (χ3n) is 19.8. The van der Waals surface area contributed by atoms with Crippen LogP contribution in [0.1, 0.15) is 316 Å². The molecule has 0 aliphatic carbocycles.